The molecular formula is C17H14N4O4. The Kier molecular flexibility index (Phi) is 3.77. The van der Waals surface area contributed by atoms with Crippen molar-refractivity contribution in [2.75, 3.05) is 0 Å². The summed E-state index contributed by atoms with van der Waals surface area (Å²) in [6, 6.07) is 9.35. The smallest absolute Gasteiger partial charge is 0.269 e. The number of fused-ring (bicyclic) bond motifs is 1. The van der Waals surface area contributed by atoms with Crippen LogP contribution in [0.15, 0.2) is 46.6 Å². The van der Waals surface area contributed by atoms with E-state index in [9.17, 15) is 20.2 Å². The van der Waals surface area contributed by atoms with Crippen molar-refractivity contribution in [3.63, 3.8) is 0 Å². The van der Waals surface area contributed by atoms with Crippen LogP contribution in [0, 0.1) is 28.4 Å². The minimum absolute atomic E-state index is 0.0778. The molecule has 1 unspecified atom stereocenters. The lowest BCUT2D eigenvalue weighted by Gasteiger charge is -2.26. The first-order chi connectivity index (χ1) is 11.8. The van der Waals surface area contributed by atoms with Gasteiger partial charge in [-0.3, -0.25) is 14.9 Å². The lowest BCUT2D eigenvalue weighted by molar-refractivity contribution is -0.384. The van der Waals surface area contributed by atoms with Crippen molar-refractivity contribution in [1.29, 1.82) is 5.26 Å². The number of rotatable bonds is 2. The van der Waals surface area contributed by atoms with Gasteiger partial charge in [0.15, 0.2) is 0 Å². The number of aromatic nitrogens is 1. The molecule has 0 saturated heterocycles. The Labute approximate surface area is 142 Å². The number of nitriles is 1. The second-order valence-electron chi connectivity index (χ2n) is 5.70. The van der Waals surface area contributed by atoms with Crippen molar-refractivity contribution in [2.24, 2.45) is 12.8 Å². The van der Waals surface area contributed by atoms with Crippen molar-refractivity contribution in [3.8, 4) is 11.8 Å². The fourth-order valence-corrected chi connectivity index (χ4v) is 2.86. The molecule has 126 valence electrons. The van der Waals surface area contributed by atoms with E-state index < -0.39 is 10.8 Å². The molecule has 0 aliphatic carbocycles. The van der Waals surface area contributed by atoms with E-state index in [1.54, 1.807) is 20.0 Å². The first-order valence-electron chi connectivity index (χ1n) is 7.37. The molecule has 0 amide bonds. The summed E-state index contributed by atoms with van der Waals surface area (Å²) in [4.78, 5) is 23.1. The fraction of sp³-hybridized carbons (Fsp3) is 0.176. The van der Waals surface area contributed by atoms with E-state index in [0.29, 0.717) is 17.0 Å². The van der Waals surface area contributed by atoms with Crippen LogP contribution in [0.25, 0.3) is 0 Å². The predicted octanol–water partition coefficient (Wildman–Crippen LogP) is 1.82. The molecule has 0 bridgehead atoms. The second-order valence-corrected chi connectivity index (χ2v) is 5.70. The van der Waals surface area contributed by atoms with Gasteiger partial charge in [-0.25, -0.2) is 0 Å². The number of non-ortho nitro benzene ring substituents is 1. The molecule has 3 rings (SSSR count). The highest BCUT2D eigenvalue weighted by Crippen LogP contribution is 2.40. The van der Waals surface area contributed by atoms with Gasteiger partial charge in [0, 0.05) is 30.9 Å². The number of allylic oxidation sites excluding steroid dienone is 1. The Morgan fingerprint density at radius 1 is 1.36 bits per heavy atom. The number of hydrogen-bond acceptors (Lipinski definition) is 6. The van der Waals surface area contributed by atoms with E-state index in [2.05, 4.69) is 0 Å². The predicted molar refractivity (Wildman–Crippen MR) is 88.8 cm³/mol. The first kappa shape index (κ1) is 16.3. The molecule has 2 aromatic rings. The van der Waals surface area contributed by atoms with Crippen LogP contribution in [0.1, 0.15) is 22.7 Å². The Morgan fingerprint density at radius 2 is 2.00 bits per heavy atom. The number of nitrogens with zero attached hydrogens (tertiary/aromatic N) is 3. The monoisotopic (exact) mass is 338 g/mol. The fourth-order valence-electron chi connectivity index (χ4n) is 2.86. The number of pyridine rings is 1. The number of hydrogen-bond donors (Lipinski definition) is 1. The highest BCUT2D eigenvalue weighted by atomic mass is 16.6. The van der Waals surface area contributed by atoms with Gasteiger partial charge < -0.3 is 15.0 Å². The van der Waals surface area contributed by atoms with Crippen molar-refractivity contribution in [2.45, 2.75) is 12.8 Å². The summed E-state index contributed by atoms with van der Waals surface area (Å²) in [5.74, 6) is -0.527. The van der Waals surface area contributed by atoms with Crippen LogP contribution in [0.3, 0.4) is 0 Å². The number of nitro groups is 1. The summed E-state index contributed by atoms with van der Waals surface area (Å²) in [7, 11) is 1.62. The number of nitro benzene ring substituents is 1. The Morgan fingerprint density at radius 3 is 2.56 bits per heavy atom. The number of benzene rings is 1. The lowest BCUT2D eigenvalue weighted by atomic mass is 9.84. The largest absolute Gasteiger partial charge is 0.440 e. The Hall–Kier alpha value is -3.60. The van der Waals surface area contributed by atoms with E-state index in [1.165, 1.54) is 28.8 Å². The molecule has 1 aliphatic rings. The average molecular weight is 338 g/mol. The van der Waals surface area contributed by atoms with Gasteiger partial charge in [0.25, 0.3) is 11.2 Å². The molecule has 2 heterocycles. The number of nitrogens with two attached hydrogens (primary N) is 1. The van der Waals surface area contributed by atoms with Gasteiger partial charge in [0.05, 0.1) is 16.4 Å². The zero-order valence-electron chi connectivity index (χ0n) is 13.5. The Balaban J connectivity index is 2.27. The maximum atomic E-state index is 12.8. The van der Waals surface area contributed by atoms with Gasteiger partial charge in [-0.15, -0.1) is 0 Å². The third-order valence-corrected chi connectivity index (χ3v) is 4.29. The molecule has 0 fully saturated rings. The average Bonchev–Trinajstić information content (AvgIpc) is 2.59. The van der Waals surface area contributed by atoms with E-state index in [1.807, 2.05) is 6.07 Å². The highest BCUT2D eigenvalue weighted by Gasteiger charge is 2.34. The van der Waals surface area contributed by atoms with Gasteiger partial charge in [0.2, 0.25) is 5.88 Å². The number of aryl methyl sites for hydroxylation is 1. The van der Waals surface area contributed by atoms with Gasteiger partial charge in [0.1, 0.15) is 17.4 Å². The van der Waals surface area contributed by atoms with Crippen LogP contribution in [0.5, 0.6) is 5.75 Å². The topological polar surface area (TPSA) is 124 Å². The van der Waals surface area contributed by atoms with Crippen molar-refractivity contribution < 1.29 is 9.66 Å². The lowest BCUT2D eigenvalue weighted by Crippen LogP contribution is -2.31. The van der Waals surface area contributed by atoms with Crippen molar-refractivity contribution >= 4 is 5.69 Å². The summed E-state index contributed by atoms with van der Waals surface area (Å²) < 4.78 is 6.93. The molecule has 0 radical (unpaired) electrons. The van der Waals surface area contributed by atoms with E-state index in [0.717, 1.165) is 0 Å². The molecule has 1 atom stereocenters. The van der Waals surface area contributed by atoms with Crippen LogP contribution in [-0.2, 0) is 7.05 Å². The standard InChI is InChI=1S/C17H14N4O4/c1-9-7-13-15(17(22)20(9)2)14(12(8-18)16(19)25-13)10-3-5-11(6-4-10)21(23)24/h3-7,14H,19H2,1-2H3. The van der Waals surface area contributed by atoms with Crippen LogP contribution in [0.4, 0.5) is 5.69 Å². The summed E-state index contributed by atoms with van der Waals surface area (Å²) in [6.07, 6.45) is 0. The molecule has 1 aliphatic heterocycles. The summed E-state index contributed by atoms with van der Waals surface area (Å²) in [6.45, 7) is 1.76. The molecule has 0 spiro atoms. The van der Waals surface area contributed by atoms with Gasteiger partial charge in [-0.2, -0.15) is 5.26 Å². The molecular weight excluding hydrogens is 324 g/mol. The minimum atomic E-state index is -0.742. The van der Waals surface area contributed by atoms with Gasteiger partial charge in [-0.05, 0) is 12.5 Å². The van der Waals surface area contributed by atoms with Crippen LogP contribution in [0.2, 0.25) is 0 Å². The third-order valence-electron chi connectivity index (χ3n) is 4.29. The zero-order valence-corrected chi connectivity index (χ0v) is 13.5. The Bertz CT molecular complexity index is 1010. The van der Waals surface area contributed by atoms with Crippen LogP contribution in [-0.4, -0.2) is 9.49 Å². The molecule has 8 nitrogen and oxygen atoms in total. The molecule has 25 heavy (non-hydrogen) atoms. The maximum Gasteiger partial charge on any atom is 0.269 e. The molecule has 1 aromatic heterocycles. The normalized spacial score (nSPS) is 16.0. The van der Waals surface area contributed by atoms with Gasteiger partial charge >= 0.3 is 0 Å². The molecule has 2 N–H and O–H groups in total. The third kappa shape index (κ3) is 2.52. The van der Waals surface area contributed by atoms with Crippen LogP contribution >= 0.6 is 0 Å². The van der Waals surface area contributed by atoms with E-state index in [-0.39, 0.29) is 28.3 Å². The highest BCUT2D eigenvalue weighted by molar-refractivity contribution is 5.55. The quantitative estimate of drug-likeness (QED) is 0.658. The maximum absolute atomic E-state index is 12.8. The number of ether oxygens (including phenoxy) is 1. The van der Waals surface area contributed by atoms with Crippen LogP contribution < -0.4 is 16.0 Å². The van der Waals surface area contributed by atoms with Crippen molar-refractivity contribution in [3.05, 3.63) is 79.1 Å². The molecule has 8 heteroatoms. The van der Waals surface area contributed by atoms with Gasteiger partial charge in [-0.1, -0.05) is 12.1 Å². The first-order valence-corrected chi connectivity index (χ1v) is 7.37. The SMILES string of the molecule is Cc1cc2c(c(=O)n1C)C(c1ccc([N+](=O)[O-])cc1)C(C#N)=C(N)O2. The minimum Gasteiger partial charge on any atom is -0.440 e. The summed E-state index contributed by atoms with van der Waals surface area (Å²) in [5, 5.41) is 20.3. The molecule has 0 saturated carbocycles. The van der Waals surface area contributed by atoms with E-state index >= 15 is 0 Å². The summed E-state index contributed by atoms with van der Waals surface area (Å²) >= 11 is 0. The zero-order chi connectivity index (χ0) is 18.3. The second kappa shape index (κ2) is 5.79. The van der Waals surface area contributed by atoms with E-state index in [4.69, 9.17) is 10.5 Å². The van der Waals surface area contributed by atoms with Crippen molar-refractivity contribution in [1.82, 2.24) is 4.57 Å². The molecule has 1 aromatic carbocycles. The summed E-state index contributed by atoms with van der Waals surface area (Å²) in [5.41, 5.74) is 7.09.